The van der Waals surface area contributed by atoms with E-state index in [0.29, 0.717) is 55.1 Å². The highest BCUT2D eigenvalue weighted by Gasteiger charge is 2.33. The van der Waals surface area contributed by atoms with Crippen LogP contribution >= 0.6 is 0 Å². The van der Waals surface area contributed by atoms with Gasteiger partial charge in [-0.2, -0.15) is 9.97 Å². The van der Waals surface area contributed by atoms with Gasteiger partial charge in [0.1, 0.15) is 11.9 Å². The molecule has 2 aromatic heterocycles. The zero-order chi connectivity index (χ0) is 31.5. The monoisotopic (exact) mass is 639 g/mol. The molecular formula is C33H43F2N7O4. The molecule has 248 valence electrons. The zero-order valence-corrected chi connectivity index (χ0v) is 26.2. The summed E-state index contributed by atoms with van der Waals surface area (Å²) in [7, 11) is 0. The van der Waals surface area contributed by atoms with Crippen LogP contribution in [0.1, 0.15) is 50.8 Å². The third kappa shape index (κ3) is 6.96. The number of imidazole rings is 1. The maximum Gasteiger partial charge on any atom is 0.296 e. The number of aromatic nitrogens is 4. The van der Waals surface area contributed by atoms with E-state index in [4.69, 9.17) is 24.2 Å². The summed E-state index contributed by atoms with van der Waals surface area (Å²) < 4.78 is 47.2. The molecule has 0 atom stereocenters. The number of benzene rings is 1. The largest absolute Gasteiger partial charge is 0.474 e. The Morgan fingerprint density at radius 2 is 1.57 bits per heavy atom. The number of anilines is 1. The van der Waals surface area contributed by atoms with Crippen molar-refractivity contribution in [2.75, 3.05) is 77.1 Å². The molecule has 3 aromatic rings. The Labute approximate surface area is 267 Å². The number of carbonyl (C=O) groups is 1. The fraction of sp³-hybridized carbons (Fsp3) is 0.636. The van der Waals surface area contributed by atoms with Gasteiger partial charge >= 0.3 is 0 Å². The number of carbonyl (C=O) groups excluding carboxylic acids is 1. The van der Waals surface area contributed by atoms with E-state index in [1.807, 2.05) is 4.90 Å². The number of alkyl halides is 2. The standard InChI is InChI=1S/C33H43F2N7O4/c34-30(35)31-36-26-3-1-2-4-27(26)42(31)28-21-29(38-33(37-28)41-15-19-45-20-16-41)46-25-7-5-24(6-8-25)32(43)40-11-9-23(10-12-40)22-39-13-17-44-18-14-39/h1-4,21,23-25,30H,5-20,22H2/t24-,25-. The van der Waals surface area contributed by atoms with Gasteiger partial charge < -0.3 is 24.0 Å². The van der Waals surface area contributed by atoms with Crippen LogP contribution in [0, 0.1) is 11.8 Å². The molecule has 46 heavy (non-hydrogen) atoms. The zero-order valence-electron chi connectivity index (χ0n) is 26.2. The highest BCUT2D eigenvalue weighted by atomic mass is 19.3. The molecule has 0 spiro atoms. The average Bonchev–Trinajstić information content (AvgIpc) is 3.50. The van der Waals surface area contributed by atoms with Crippen molar-refractivity contribution >= 4 is 22.9 Å². The number of hydrogen-bond donors (Lipinski definition) is 0. The lowest BCUT2D eigenvalue weighted by Crippen LogP contribution is -2.46. The number of rotatable bonds is 8. The van der Waals surface area contributed by atoms with Crippen molar-refractivity contribution in [3.8, 4) is 11.7 Å². The Morgan fingerprint density at radius 3 is 2.28 bits per heavy atom. The lowest BCUT2D eigenvalue weighted by molar-refractivity contribution is -0.138. The van der Waals surface area contributed by atoms with Gasteiger partial charge in [-0.25, -0.2) is 13.8 Å². The van der Waals surface area contributed by atoms with Gasteiger partial charge in [-0.1, -0.05) is 12.1 Å². The number of ether oxygens (including phenoxy) is 3. The second kappa shape index (κ2) is 14.1. The highest BCUT2D eigenvalue weighted by Crippen LogP contribution is 2.33. The van der Waals surface area contributed by atoms with Crippen LogP contribution in [0.15, 0.2) is 30.3 Å². The average molecular weight is 640 g/mol. The van der Waals surface area contributed by atoms with Gasteiger partial charge in [0.2, 0.25) is 17.7 Å². The van der Waals surface area contributed by atoms with Gasteiger partial charge in [0.15, 0.2) is 5.82 Å². The van der Waals surface area contributed by atoms with Crippen molar-refractivity contribution < 1.29 is 27.8 Å². The molecule has 1 saturated carbocycles. The van der Waals surface area contributed by atoms with Gasteiger partial charge in [-0.3, -0.25) is 14.3 Å². The van der Waals surface area contributed by atoms with E-state index >= 15 is 0 Å². The third-order valence-electron chi connectivity index (χ3n) is 9.84. The Bertz CT molecular complexity index is 1480. The van der Waals surface area contributed by atoms with Crippen LogP contribution in [0.3, 0.4) is 0 Å². The minimum atomic E-state index is -2.79. The molecule has 5 heterocycles. The van der Waals surface area contributed by atoms with Crippen LogP contribution in [0.2, 0.25) is 0 Å². The van der Waals surface area contributed by atoms with Crippen LogP contribution in [0.25, 0.3) is 16.9 Å². The fourth-order valence-corrected chi connectivity index (χ4v) is 7.25. The van der Waals surface area contributed by atoms with E-state index in [0.717, 1.165) is 84.5 Å². The molecule has 11 nitrogen and oxygen atoms in total. The van der Waals surface area contributed by atoms with Crippen molar-refractivity contribution in [2.24, 2.45) is 11.8 Å². The molecule has 1 amide bonds. The SMILES string of the molecule is O=C([C@H]1CC[C@H](Oc2cc(-n3c(C(F)F)nc4ccccc43)nc(N3CCOCC3)n2)CC1)N1CCC(CN2CCOCC2)CC1. The van der Waals surface area contributed by atoms with Gasteiger partial charge in [-0.15, -0.1) is 0 Å². The second-order valence-corrected chi connectivity index (χ2v) is 12.8. The smallest absolute Gasteiger partial charge is 0.296 e. The highest BCUT2D eigenvalue weighted by molar-refractivity contribution is 5.79. The number of piperidine rings is 1. The molecule has 0 unspecified atom stereocenters. The minimum Gasteiger partial charge on any atom is -0.474 e. The van der Waals surface area contributed by atoms with E-state index in [1.165, 1.54) is 4.57 Å². The Morgan fingerprint density at radius 1 is 0.870 bits per heavy atom. The van der Waals surface area contributed by atoms with E-state index in [1.54, 1.807) is 30.3 Å². The van der Waals surface area contributed by atoms with Gasteiger partial charge in [0.25, 0.3) is 6.43 Å². The predicted octanol–water partition coefficient (Wildman–Crippen LogP) is 4.10. The summed E-state index contributed by atoms with van der Waals surface area (Å²) in [5.74, 6) is 1.58. The number of para-hydroxylation sites is 2. The molecule has 1 aliphatic carbocycles. The number of nitrogens with zero attached hydrogens (tertiary/aromatic N) is 7. The van der Waals surface area contributed by atoms with Gasteiger partial charge in [0, 0.05) is 57.8 Å². The quantitative estimate of drug-likeness (QED) is 0.361. The summed E-state index contributed by atoms with van der Waals surface area (Å²) in [5, 5.41) is 0. The second-order valence-electron chi connectivity index (χ2n) is 12.8. The Balaban J connectivity index is 1.01. The maximum atomic E-state index is 14.2. The number of morpholine rings is 2. The number of likely N-dealkylation sites (tertiary alicyclic amines) is 1. The molecule has 7 rings (SSSR count). The van der Waals surface area contributed by atoms with Crippen molar-refractivity contribution in [1.82, 2.24) is 29.3 Å². The summed E-state index contributed by atoms with van der Waals surface area (Å²) in [5.41, 5.74) is 1.01. The Hall–Kier alpha value is -3.42. The van der Waals surface area contributed by atoms with E-state index < -0.39 is 6.43 Å². The first-order valence-electron chi connectivity index (χ1n) is 16.7. The maximum absolute atomic E-state index is 14.2. The third-order valence-corrected chi connectivity index (χ3v) is 9.84. The number of halogens is 2. The fourth-order valence-electron chi connectivity index (χ4n) is 7.25. The lowest BCUT2D eigenvalue weighted by Gasteiger charge is -2.38. The van der Waals surface area contributed by atoms with Crippen molar-refractivity contribution in [1.29, 1.82) is 0 Å². The summed E-state index contributed by atoms with van der Waals surface area (Å²) in [4.78, 5) is 33.7. The molecule has 13 heteroatoms. The molecule has 3 aliphatic heterocycles. The van der Waals surface area contributed by atoms with Gasteiger partial charge in [-0.05, 0) is 56.6 Å². The first-order valence-corrected chi connectivity index (χ1v) is 16.7. The van der Waals surface area contributed by atoms with Crippen molar-refractivity contribution in [3.05, 3.63) is 36.2 Å². The van der Waals surface area contributed by atoms with Crippen LogP contribution in [0.5, 0.6) is 5.88 Å². The molecule has 4 aliphatic rings. The lowest BCUT2D eigenvalue weighted by atomic mass is 9.85. The van der Waals surface area contributed by atoms with Crippen LogP contribution < -0.4 is 9.64 Å². The summed E-state index contributed by atoms with van der Waals surface area (Å²) in [6.45, 7) is 8.67. The molecule has 3 saturated heterocycles. The normalized spacial score (nSPS) is 23.7. The van der Waals surface area contributed by atoms with E-state index in [9.17, 15) is 13.6 Å². The number of amides is 1. The minimum absolute atomic E-state index is 0.00595. The number of fused-ring (bicyclic) bond motifs is 1. The molecule has 1 aromatic carbocycles. The van der Waals surface area contributed by atoms with Gasteiger partial charge in [0.05, 0.1) is 37.5 Å². The van der Waals surface area contributed by atoms with Crippen LogP contribution in [-0.2, 0) is 14.3 Å². The van der Waals surface area contributed by atoms with Crippen LogP contribution in [0.4, 0.5) is 14.7 Å². The molecular weight excluding hydrogens is 596 g/mol. The Kier molecular flexibility index (Phi) is 9.59. The first-order chi connectivity index (χ1) is 22.5. The van der Waals surface area contributed by atoms with Crippen molar-refractivity contribution in [3.63, 3.8) is 0 Å². The van der Waals surface area contributed by atoms with Crippen LogP contribution in [-0.4, -0.2) is 114 Å². The number of hydrogen-bond acceptors (Lipinski definition) is 9. The molecule has 0 bridgehead atoms. The van der Waals surface area contributed by atoms with E-state index in [2.05, 4.69) is 14.8 Å². The first kappa shape index (κ1) is 31.2. The summed E-state index contributed by atoms with van der Waals surface area (Å²) >= 11 is 0. The summed E-state index contributed by atoms with van der Waals surface area (Å²) in [6.07, 6.45) is 2.17. The summed E-state index contributed by atoms with van der Waals surface area (Å²) in [6, 6.07) is 8.67. The molecule has 4 fully saturated rings. The topological polar surface area (TPSA) is 98.1 Å². The molecule has 0 radical (unpaired) electrons. The molecule has 0 N–H and O–H groups in total. The predicted molar refractivity (Wildman–Crippen MR) is 168 cm³/mol. The van der Waals surface area contributed by atoms with E-state index in [-0.39, 0.29) is 29.6 Å². The van der Waals surface area contributed by atoms with Crippen molar-refractivity contribution in [2.45, 2.75) is 51.1 Å².